The molecule has 0 unspecified atom stereocenters. The standard InChI is InChI=1S/C12H10F2N2.C2H4O2/c13-7-1-3-11(15)9(5-7)10-6-8(14)2-4-12(10)16;1-2(3)4/h1-6H,15-16H2;1H3,(H,3,4). The molecule has 0 atom stereocenters. The highest BCUT2D eigenvalue weighted by Gasteiger charge is 2.08. The monoisotopic (exact) mass is 280 g/mol. The van der Waals surface area contributed by atoms with E-state index >= 15 is 0 Å². The van der Waals surface area contributed by atoms with Crippen LogP contribution in [-0.4, -0.2) is 11.1 Å². The summed E-state index contributed by atoms with van der Waals surface area (Å²) in [6.07, 6.45) is 0. The van der Waals surface area contributed by atoms with Crippen molar-refractivity contribution in [1.29, 1.82) is 0 Å². The molecule has 20 heavy (non-hydrogen) atoms. The molecule has 2 aromatic carbocycles. The molecule has 0 radical (unpaired) electrons. The summed E-state index contributed by atoms with van der Waals surface area (Å²) in [6, 6.07) is 7.81. The Morgan fingerprint density at radius 2 is 1.25 bits per heavy atom. The van der Waals surface area contributed by atoms with E-state index in [-0.39, 0.29) is 0 Å². The van der Waals surface area contributed by atoms with E-state index in [1.807, 2.05) is 0 Å². The van der Waals surface area contributed by atoms with E-state index in [0.29, 0.717) is 22.5 Å². The third-order valence-electron chi connectivity index (χ3n) is 2.32. The van der Waals surface area contributed by atoms with Gasteiger partial charge in [0.2, 0.25) is 0 Å². The Balaban J connectivity index is 0.000000444. The van der Waals surface area contributed by atoms with Gasteiger partial charge >= 0.3 is 0 Å². The van der Waals surface area contributed by atoms with Crippen LogP contribution in [0.3, 0.4) is 0 Å². The third kappa shape index (κ3) is 4.24. The summed E-state index contributed by atoms with van der Waals surface area (Å²) in [4.78, 5) is 9.00. The molecule has 0 bridgehead atoms. The summed E-state index contributed by atoms with van der Waals surface area (Å²) in [7, 11) is 0. The van der Waals surface area contributed by atoms with E-state index in [4.69, 9.17) is 21.4 Å². The Hall–Kier alpha value is -2.63. The molecular formula is C14H14F2N2O2. The van der Waals surface area contributed by atoms with Gasteiger partial charge in [0.25, 0.3) is 5.97 Å². The van der Waals surface area contributed by atoms with Crippen molar-refractivity contribution in [2.75, 3.05) is 11.5 Å². The van der Waals surface area contributed by atoms with Gasteiger partial charge in [-0.05, 0) is 36.4 Å². The van der Waals surface area contributed by atoms with Gasteiger partial charge in [0.15, 0.2) is 0 Å². The summed E-state index contributed by atoms with van der Waals surface area (Å²) < 4.78 is 26.1. The number of carboxylic acid groups (broad SMARTS) is 1. The zero-order valence-corrected chi connectivity index (χ0v) is 10.7. The molecule has 2 rings (SSSR count). The van der Waals surface area contributed by atoms with Gasteiger partial charge < -0.3 is 16.6 Å². The number of halogens is 2. The fourth-order valence-electron chi connectivity index (χ4n) is 1.52. The van der Waals surface area contributed by atoms with Crippen molar-refractivity contribution in [3.63, 3.8) is 0 Å². The average Bonchev–Trinajstić information content (AvgIpc) is 2.35. The lowest BCUT2D eigenvalue weighted by Gasteiger charge is -2.09. The van der Waals surface area contributed by atoms with Crippen molar-refractivity contribution in [1.82, 2.24) is 0 Å². The summed E-state index contributed by atoms with van der Waals surface area (Å²) in [6.45, 7) is 1.08. The van der Waals surface area contributed by atoms with E-state index in [1.165, 1.54) is 36.4 Å². The first-order chi connectivity index (χ1) is 9.31. The number of carbonyl (C=O) groups is 1. The third-order valence-corrected chi connectivity index (χ3v) is 2.32. The molecule has 0 heterocycles. The molecule has 6 heteroatoms. The summed E-state index contributed by atoms with van der Waals surface area (Å²) in [5.41, 5.74) is 12.9. The second kappa shape index (κ2) is 6.51. The van der Waals surface area contributed by atoms with Crippen LogP contribution in [0.25, 0.3) is 11.1 Å². The minimum absolute atomic E-state index is 0.360. The summed E-state index contributed by atoms with van der Waals surface area (Å²) in [5.74, 6) is -1.71. The normalized spacial score (nSPS) is 9.55. The molecule has 4 nitrogen and oxygen atoms in total. The number of aliphatic carboxylic acids is 1. The fourth-order valence-corrected chi connectivity index (χ4v) is 1.52. The van der Waals surface area contributed by atoms with E-state index in [9.17, 15) is 8.78 Å². The Labute approximate surface area is 114 Å². The number of nitrogen functional groups attached to an aromatic ring is 2. The van der Waals surface area contributed by atoms with E-state index in [1.54, 1.807) is 0 Å². The molecule has 5 N–H and O–H groups in total. The van der Waals surface area contributed by atoms with Gasteiger partial charge in [-0.2, -0.15) is 0 Å². The summed E-state index contributed by atoms with van der Waals surface area (Å²) >= 11 is 0. The first-order valence-corrected chi connectivity index (χ1v) is 5.61. The zero-order valence-electron chi connectivity index (χ0n) is 10.7. The molecule has 0 saturated heterocycles. The second-order valence-electron chi connectivity index (χ2n) is 3.98. The topological polar surface area (TPSA) is 89.3 Å². The van der Waals surface area contributed by atoms with E-state index in [2.05, 4.69) is 0 Å². The highest BCUT2D eigenvalue weighted by atomic mass is 19.1. The number of anilines is 2. The number of benzene rings is 2. The molecular weight excluding hydrogens is 266 g/mol. The van der Waals surface area contributed by atoms with Crippen molar-refractivity contribution in [2.45, 2.75) is 6.92 Å². The Bertz CT molecular complexity index is 577. The zero-order chi connectivity index (χ0) is 15.3. The molecule has 0 spiro atoms. The lowest BCUT2D eigenvalue weighted by Crippen LogP contribution is -1.96. The van der Waals surface area contributed by atoms with Crippen LogP contribution in [0.15, 0.2) is 36.4 Å². The quantitative estimate of drug-likeness (QED) is 0.701. The number of hydrogen-bond donors (Lipinski definition) is 3. The van der Waals surface area contributed by atoms with Gasteiger partial charge in [0.1, 0.15) is 11.6 Å². The maximum atomic E-state index is 13.1. The molecule has 0 aromatic heterocycles. The molecule has 0 fully saturated rings. The summed E-state index contributed by atoms with van der Waals surface area (Å²) in [5, 5.41) is 7.42. The van der Waals surface area contributed by atoms with E-state index in [0.717, 1.165) is 6.92 Å². The van der Waals surface area contributed by atoms with Crippen molar-refractivity contribution in [3.8, 4) is 11.1 Å². The largest absolute Gasteiger partial charge is 0.481 e. The van der Waals surface area contributed by atoms with Crippen molar-refractivity contribution < 1.29 is 18.7 Å². The van der Waals surface area contributed by atoms with Gasteiger partial charge in [-0.1, -0.05) is 0 Å². The highest BCUT2D eigenvalue weighted by Crippen LogP contribution is 2.31. The lowest BCUT2D eigenvalue weighted by atomic mass is 10.0. The number of hydrogen-bond acceptors (Lipinski definition) is 3. The number of carboxylic acids is 1. The van der Waals surface area contributed by atoms with Gasteiger partial charge in [0.05, 0.1) is 0 Å². The molecule has 0 saturated carbocycles. The van der Waals surface area contributed by atoms with Crippen molar-refractivity contribution in [3.05, 3.63) is 48.0 Å². The Kier molecular flexibility index (Phi) is 5.02. The predicted molar refractivity (Wildman–Crippen MR) is 73.9 cm³/mol. The Morgan fingerprint density at radius 1 is 0.950 bits per heavy atom. The number of rotatable bonds is 1. The van der Waals surface area contributed by atoms with Crippen LogP contribution in [0.1, 0.15) is 6.92 Å². The molecule has 0 aliphatic carbocycles. The second-order valence-corrected chi connectivity index (χ2v) is 3.98. The molecule has 2 aromatic rings. The number of nitrogens with two attached hydrogens (primary N) is 2. The minimum atomic E-state index is -0.833. The smallest absolute Gasteiger partial charge is 0.300 e. The lowest BCUT2D eigenvalue weighted by molar-refractivity contribution is -0.134. The SMILES string of the molecule is CC(=O)O.Nc1ccc(F)cc1-c1cc(F)ccc1N. The first-order valence-electron chi connectivity index (χ1n) is 5.61. The maximum absolute atomic E-state index is 13.1. The van der Waals surface area contributed by atoms with Crippen LogP contribution in [0.4, 0.5) is 20.2 Å². The first kappa shape index (κ1) is 15.4. The average molecular weight is 280 g/mol. The maximum Gasteiger partial charge on any atom is 0.300 e. The molecule has 106 valence electrons. The Morgan fingerprint density at radius 3 is 1.55 bits per heavy atom. The minimum Gasteiger partial charge on any atom is -0.481 e. The highest BCUT2D eigenvalue weighted by molar-refractivity contribution is 5.84. The molecule has 0 aliphatic rings. The van der Waals surface area contributed by atoms with Crippen LogP contribution in [0.5, 0.6) is 0 Å². The van der Waals surface area contributed by atoms with Gasteiger partial charge in [-0.15, -0.1) is 0 Å². The van der Waals surface area contributed by atoms with Crippen molar-refractivity contribution >= 4 is 17.3 Å². The van der Waals surface area contributed by atoms with Crippen molar-refractivity contribution in [2.24, 2.45) is 0 Å². The molecule has 0 aliphatic heterocycles. The fraction of sp³-hybridized carbons (Fsp3) is 0.0714. The van der Waals surface area contributed by atoms with Crippen LogP contribution in [-0.2, 0) is 4.79 Å². The van der Waals surface area contributed by atoms with Gasteiger partial charge in [-0.3, -0.25) is 4.79 Å². The van der Waals surface area contributed by atoms with Crippen LogP contribution >= 0.6 is 0 Å². The van der Waals surface area contributed by atoms with Crippen LogP contribution < -0.4 is 11.5 Å². The van der Waals surface area contributed by atoms with E-state index < -0.39 is 17.6 Å². The van der Waals surface area contributed by atoms with Crippen LogP contribution in [0, 0.1) is 11.6 Å². The predicted octanol–water partition coefficient (Wildman–Crippen LogP) is 2.89. The van der Waals surface area contributed by atoms with Gasteiger partial charge in [-0.25, -0.2) is 8.78 Å². The van der Waals surface area contributed by atoms with Gasteiger partial charge in [0, 0.05) is 29.4 Å². The van der Waals surface area contributed by atoms with Crippen LogP contribution in [0.2, 0.25) is 0 Å². The molecule has 0 amide bonds.